The van der Waals surface area contributed by atoms with E-state index in [2.05, 4.69) is 20.3 Å². The summed E-state index contributed by atoms with van der Waals surface area (Å²) in [4.78, 5) is 38.6. The van der Waals surface area contributed by atoms with Gasteiger partial charge < -0.3 is 21.7 Å². The molecular formula is C19H27N7O2S. The van der Waals surface area contributed by atoms with Gasteiger partial charge in [0.25, 0.3) is 0 Å². The first-order valence-electron chi connectivity index (χ1n) is 9.26. The Morgan fingerprint density at radius 2 is 1.83 bits per heavy atom. The van der Waals surface area contributed by atoms with E-state index < -0.39 is 0 Å². The summed E-state index contributed by atoms with van der Waals surface area (Å²) < 4.78 is 0. The van der Waals surface area contributed by atoms with Crippen LogP contribution in [0.5, 0.6) is 0 Å². The van der Waals surface area contributed by atoms with Gasteiger partial charge in [0.1, 0.15) is 6.54 Å². The van der Waals surface area contributed by atoms with Crippen molar-refractivity contribution in [2.24, 2.45) is 0 Å². The third kappa shape index (κ3) is 6.31. The van der Waals surface area contributed by atoms with Crippen LogP contribution in [0.2, 0.25) is 0 Å². The number of nitrogens with two attached hydrogens (primary N) is 2. The van der Waals surface area contributed by atoms with E-state index in [1.165, 1.54) is 0 Å². The van der Waals surface area contributed by atoms with Gasteiger partial charge >= 0.3 is 0 Å². The summed E-state index contributed by atoms with van der Waals surface area (Å²) in [6.07, 6.45) is 0.721. The Morgan fingerprint density at radius 1 is 1.17 bits per heavy atom. The number of hydrogen-bond acceptors (Lipinski definition) is 8. The highest BCUT2D eigenvalue weighted by atomic mass is 32.2. The number of nitrogen functional groups attached to an aromatic ring is 2. The Labute approximate surface area is 174 Å². The number of anilines is 3. The molecule has 2 aromatic rings. The van der Waals surface area contributed by atoms with Crippen molar-refractivity contribution in [1.82, 2.24) is 19.9 Å². The lowest BCUT2D eigenvalue weighted by atomic mass is 10.1. The predicted octanol–water partition coefficient (Wildman–Crippen LogP) is 2.01. The number of carbonyl (C=O) groups is 2. The van der Waals surface area contributed by atoms with Gasteiger partial charge in [0.2, 0.25) is 23.7 Å². The number of nitrogens with one attached hydrogen (secondary N) is 1. The molecule has 0 unspecified atom stereocenters. The van der Waals surface area contributed by atoms with Crippen LogP contribution in [0.4, 0.5) is 17.6 Å². The molecule has 0 radical (unpaired) electrons. The largest absolute Gasteiger partial charge is 0.368 e. The number of aryl methyl sites for hydroxylation is 1. The smallest absolute Gasteiger partial charge is 0.244 e. The highest BCUT2D eigenvalue weighted by Gasteiger charge is 2.23. The van der Waals surface area contributed by atoms with Gasteiger partial charge in [0, 0.05) is 11.7 Å². The van der Waals surface area contributed by atoms with E-state index in [0.717, 1.165) is 35.0 Å². The molecule has 0 saturated heterocycles. The maximum atomic E-state index is 12.8. The van der Waals surface area contributed by atoms with Crippen LogP contribution >= 0.6 is 11.8 Å². The Balaban J connectivity index is 2.04. The molecule has 5 N–H and O–H groups in total. The van der Waals surface area contributed by atoms with E-state index in [9.17, 15) is 9.59 Å². The number of amides is 2. The summed E-state index contributed by atoms with van der Waals surface area (Å²) in [7, 11) is 0. The second-order valence-corrected chi connectivity index (χ2v) is 7.64. The average molecular weight is 418 g/mol. The lowest BCUT2D eigenvalue weighted by Gasteiger charge is -2.28. The van der Waals surface area contributed by atoms with Gasteiger partial charge in [0.05, 0.1) is 5.75 Å². The standard InChI is InChI=1S/C19H27N7O2S/c1-5-12(3)26(9-15(27)22-14-8-6-7-11(2)13(14)4)16(28)10-29-19-24-17(20)23-18(21)25-19/h6-8,12H,5,9-10H2,1-4H3,(H,22,27)(H4,20,21,23,24,25)/t12-/m1/s1. The van der Waals surface area contributed by atoms with E-state index in [1.54, 1.807) is 4.90 Å². The topological polar surface area (TPSA) is 140 Å². The molecule has 0 fully saturated rings. The van der Waals surface area contributed by atoms with E-state index in [-0.39, 0.29) is 47.2 Å². The lowest BCUT2D eigenvalue weighted by Crippen LogP contribution is -2.44. The van der Waals surface area contributed by atoms with E-state index in [4.69, 9.17) is 11.5 Å². The third-order valence-corrected chi connectivity index (χ3v) is 5.44. The van der Waals surface area contributed by atoms with Crippen molar-refractivity contribution in [2.75, 3.05) is 29.1 Å². The van der Waals surface area contributed by atoms with E-state index in [0.29, 0.717) is 0 Å². The molecule has 0 aliphatic heterocycles. The van der Waals surface area contributed by atoms with Crippen LogP contribution in [0.1, 0.15) is 31.4 Å². The minimum absolute atomic E-state index is 0.000802. The van der Waals surface area contributed by atoms with Crippen molar-refractivity contribution in [3.05, 3.63) is 29.3 Å². The van der Waals surface area contributed by atoms with Crippen LogP contribution in [-0.4, -0.2) is 50.0 Å². The molecule has 1 heterocycles. The monoisotopic (exact) mass is 417 g/mol. The zero-order chi connectivity index (χ0) is 21.6. The van der Waals surface area contributed by atoms with Gasteiger partial charge in [-0.25, -0.2) is 0 Å². The Hall–Kier alpha value is -2.88. The molecule has 2 rings (SSSR count). The fourth-order valence-electron chi connectivity index (χ4n) is 2.60. The van der Waals surface area contributed by atoms with Crippen molar-refractivity contribution in [1.29, 1.82) is 0 Å². The molecule has 1 aromatic heterocycles. The number of aromatic nitrogens is 3. The third-order valence-electron chi connectivity index (χ3n) is 4.61. The molecule has 1 atom stereocenters. The Bertz CT molecular complexity index is 871. The van der Waals surface area contributed by atoms with Crippen LogP contribution < -0.4 is 16.8 Å². The number of hydrogen-bond donors (Lipinski definition) is 3. The SMILES string of the molecule is CC[C@@H](C)N(CC(=O)Nc1cccc(C)c1C)C(=O)CSc1nc(N)nc(N)n1. The van der Waals surface area contributed by atoms with Crippen LogP contribution in [0.25, 0.3) is 0 Å². The minimum Gasteiger partial charge on any atom is -0.368 e. The van der Waals surface area contributed by atoms with Gasteiger partial charge in [-0.15, -0.1) is 0 Å². The van der Waals surface area contributed by atoms with Crippen LogP contribution in [0.3, 0.4) is 0 Å². The lowest BCUT2D eigenvalue weighted by molar-refractivity contribution is -0.134. The second-order valence-electron chi connectivity index (χ2n) is 6.70. The highest BCUT2D eigenvalue weighted by molar-refractivity contribution is 7.99. The summed E-state index contributed by atoms with van der Waals surface area (Å²) in [5.74, 6) is -0.383. The molecule has 0 spiro atoms. The second kappa shape index (κ2) is 10.1. The molecule has 0 aliphatic rings. The fourth-order valence-corrected chi connectivity index (χ4v) is 3.34. The Morgan fingerprint density at radius 3 is 2.45 bits per heavy atom. The molecule has 0 saturated carbocycles. The molecule has 29 heavy (non-hydrogen) atoms. The first kappa shape index (κ1) is 22.4. The van der Waals surface area contributed by atoms with Gasteiger partial charge in [0.15, 0.2) is 5.16 Å². The quantitative estimate of drug-likeness (QED) is 0.554. The molecule has 156 valence electrons. The summed E-state index contributed by atoms with van der Waals surface area (Å²) >= 11 is 1.10. The first-order valence-corrected chi connectivity index (χ1v) is 10.2. The Kier molecular flexibility index (Phi) is 7.77. The molecule has 10 heteroatoms. The van der Waals surface area contributed by atoms with Crippen molar-refractivity contribution < 1.29 is 9.59 Å². The summed E-state index contributed by atoms with van der Waals surface area (Å²) in [6, 6.07) is 5.62. The van der Waals surface area contributed by atoms with Crippen molar-refractivity contribution >= 4 is 41.2 Å². The van der Waals surface area contributed by atoms with Gasteiger partial charge in [-0.1, -0.05) is 30.8 Å². The molecule has 0 bridgehead atoms. The van der Waals surface area contributed by atoms with Crippen LogP contribution in [-0.2, 0) is 9.59 Å². The summed E-state index contributed by atoms with van der Waals surface area (Å²) in [6.45, 7) is 7.77. The zero-order valence-corrected chi connectivity index (χ0v) is 17.9. The van der Waals surface area contributed by atoms with Gasteiger partial charge in [-0.2, -0.15) is 15.0 Å². The first-order chi connectivity index (χ1) is 13.7. The van der Waals surface area contributed by atoms with E-state index >= 15 is 0 Å². The predicted molar refractivity (Wildman–Crippen MR) is 115 cm³/mol. The van der Waals surface area contributed by atoms with Crippen molar-refractivity contribution in [3.63, 3.8) is 0 Å². The molecule has 1 aromatic carbocycles. The summed E-state index contributed by atoms with van der Waals surface area (Å²) in [5.41, 5.74) is 13.9. The van der Waals surface area contributed by atoms with Crippen molar-refractivity contribution in [2.45, 2.75) is 45.3 Å². The van der Waals surface area contributed by atoms with Gasteiger partial charge in [-0.05, 0) is 44.4 Å². The van der Waals surface area contributed by atoms with Crippen molar-refractivity contribution in [3.8, 4) is 0 Å². The maximum Gasteiger partial charge on any atom is 0.244 e. The average Bonchev–Trinajstić information content (AvgIpc) is 2.66. The van der Waals surface area contributed by atoms with Crippen LogP contribution in [0.15, 0.2) is 23.4 Å². The van der Waals surface area contributed by atoms with Gasteiger partial charge in [-0.3, -0.25) is 9.59 Å². The number of thioether (sulfide) groups is 1. The zero-order valence-electron chi connectivity index (χ0n) is 17.1. The number of benzene rings is 1. The number of carbonyl (C=O) groups excluding carboxylic acids is 2. The molecule has 0 aliphatic carbocycles. The number of nitrogens with zero attached hydrogens (tertiary/aromatic N) is 4. The molecule has 2 amide bonds. The fraction of sp³-hybridized carbons (Fsp3) is 0.421. The molecule has 9 nitrogen and oxygen atoms in total. The minimum atomic E-state index is -0.244. The maximum absolute atomic E-state index is 12.8. The number of rotatable bonds is 8. The molecular weight excluding hydrogens is 390 g/mol. The summed E-state index contributed by atoms with van der Waals surface area (Å²) in [5, 5.41) is 3.17. The highest BCUT2D eigenvalue weighted by Crippen LogP contribution is 2.19. The van der Waals surface area contributed by atoms with Crippen LogP contribution in [0, 0.1) is 13.8 Å². The van der Waals surface area contributed by atoms with E-state index in [1.807, 2.05) is 45.9 Å². The normalized spacial score (nSPS) is 11.7.